The molecule has 0 radical (unpaired) electrons. The molecule has 2 aliphatic rings. The molecule has 1 saturated heterocycles. The lowest BCUT2D eigenvalue weighted by Crippen LogP contribution is -2.30. The van der Waals surface area contributed by atoms with E-state index in [1.165, 1.54) is 0 Å². The van der Waals surface area contributed by atoms with Crippen LogP contribution in [0.15, 0.2) is 34.7 Å². The van der Waals surface area contributed by atoms with Crippen molar-refractivity contribution < 1.29 is 19.1 Å². The van der Waals surface area contributed by atoms with Crippen molar-refractivity contribution in [3.63, 3.8) is 0 Å². The lowest BCUT2D eigenvalue weighted by molar-refractivity contribution is -0.142. The van der Waals surface area contributed by atoms with E-state index in [4.69, 9.17) is 4.42 Å². The number of carboxylic acid groups (broad SMARTS) is 1. The zero-order valence-corrected chi connectivity index (χ0v) is 14.0. The van der Waals surface area contributed by atoms with Crippen molar-refractivity contribution in [3.8, 4) is 11.5 Å². The van der Waals surface area contributed by atoms with Gasteiger partial charge in [0.2, 0.25) is 11.7 Å². The van der Waals surface area contributed by atoms with Crippen LogP contribution in [-0.4, -0.2) is 40.0 Å². The lowest BCUT2D eigenvalue weighted by atomic mass is 9.92. The number of hydrogen-bond acceptors (Lipinski definition) is 4. The average Bonchev–Trinajstić information content (AvgIpc) is 3.23. The van der Waals surface area contributed by atoms with Crippen molar-refractivity contribution in [2.24, 2.45) is 17.8 Å². The third kappa shape index (κ3) is 2.92. The first-order valence-electron chi connectivity index (χ1n) is 8.59. The third-order valence-electron chi connectivity index (χ3n) is 5.21. The summed E-state index contributed by atoms with van der Waals surface area (Å²) in [6.07, 6.45) is 2.13. The third-order valence-corrected chi connectivity index (χ3v) is 5.21. The Bertz CT molecular complexity index is 810. The first kappa shape index (κ1) is 15.9. The van der Waals surface area contributed by atoms with Gasteiger partial charge in [0.15, 0.2) is 0 Å². The molecule has 1 saturated carbocycles. The van der Waals surface area contributed by atoms with Crippen LogP contribution in [0.2, 0.25) is 0 Å². The number of likely N-dealkylation sites (tertiary alicyclic amines) is 1. The van der Waals surface area contributed by atoms with Crippen LogP contribution in [0.1, 0.15) is 29.1 Å². The maximum absolute atomic E-state index is 12.9. The van der Waals surface area contributed by atoms with Crippen LogP contribution in [0.25, 0.3) is 11.5 Å². The smallest absolute Gasteiger partial charge is 0.308 e. The van der Waals surface area contributed by atoms with Crippen LogP contribution in [0.5, 0.6) is 0 Å². The minimum Gasteiger partial charge on any atom is -0.481 e. The number of oxazole rings is 1. The highest BCUT2D eigenvalue weighted by Gasteiger charge is 2.47. The van der Waals surface area contributed by atoms with E-state index in [1.807, 2.05) is 30.3 Å². The Hall–Kier alpha value is -2.63. The van der Waals surface area contributed by atoms with Crippen LogP contribution in [0.4, 0.5) is 0 Å². The van der Waals surface area contributed by atoms with E-state index in [1.54, 1.807) is 11.8 Å². The van der Waals surface area contributed by atoms with E-state index >= 15 is 0 Å². The molecule has 1 N–H and O–H groups in total. The summed E-state index contributed by atoms with van der Waals surface area (Å²) in [4.78, 5) is 30.4. The van der Waals surface area contributed by atoms with Crippen molar-refractivity contribution >= 4 is 11.9 Å². The quantitative estimate of drug-likeness (QED) is 0.925. The molecule has 25 heavy (non-hydrogen) atoms. The maximum atomic E-state index is 12.9. The molecule has 2 heterocycles. The highest BCUT2D eigenvalue weighted by Crippen LogP contribution is 2.44. The van der Waals surface area contributed by atoms with Crippen LogP contribution < -0.4 is 0 Å². The lowest BCUT2D eigenvalue weighted by Gasteiger charge is -2.14. The second-order valence-electron chi connectivity index (χ2n) is 6.96. The van der Waals surface area contributed by atoms with Crippen molar-refractivity contribution in [3.05, 3.63) is 41.8 Å². The monoisotopic (exact) mass is 340 g/mol. The summed E-state index contributed by atoms with van der Waals surface area (Å²) in [6, 6.07) is 9.42. The van der Waals surface area contributed by atoms with Gasteiger partial charge < -0.3 is 14.4 Å². The summed E-state index contributed by atoms with van der Waals surface area (Å²) in [7, 11) is 0. The van der Waals surface area contributed by atoms with Crippen LogP contribution in [-0.2, 0) is 4.79 Å². The molecule has 2 atom stereocenters. The van der Waals surface area contributed by atoms with E-state index in [-0.39, 0.29) is 24.1 Å². The zero-order valence-electron chi connectivity index (χ0n) is 14.0. The molecule has 1 aromatic carbocycles. The number of amides is 1. The van der Waals surface area contributed by atoms with Crippen molar-refractivity contribution in [1.29, 1.82) is 0 Å². The molecule has 1 aromatic heterocycles. The first-order chi connectivity index (χ1) is 12.0. The standard InChI is InChI=1S/C19H20N2O4/c1-11-16(25-17(20-11)13-5-3-2-4-6-13)18(22)21-9-14(12-7-8-12)15(10-21)19(23)24/h2-6,12,14-15H,7-10H2,1H3,(H,23,24)/t14-,15+/m1/s1. The highest BCUT2D eigenvalue weighted by molar-refractivity contribution is 5.93. The SMILES string of the molecule is Cc1nc(-c2ccccc2)oc1C(=O)N1C[C@H](C(=O)O)[C@@H](C2CC2)C1. The summed E-state index contributed by atoms with van der Waals surface area (Å²) in [5, 5.41) is 9.46. The normalized spacial score (nSPS) is 23.0. The fraction of sp³-hybridized carbons (Fsp3) is 0.421. The van der Waals surface area contributed by atoms with Crippen molar-refractivity contribution in [2.45, 2.75) is 19.8 Å². The number of carbonyl (C=O) groups is 2. The summed E-state index contributed by atoms with van der Waals surface area (Å²) in [6.45, 7) is 2.48. The number of aryl methyl sites for hydroxylation is 1. The van der Waals surface area contributed by atoms with Gasteiger partial charge in [-0.3, -0.25) is 9.59 Å². The van der Waals surface area contributed by atoms with E-state index < -0.39 is 11.9 Å². The van der Waals surface area contributed by atoms with Gasteiger partial charge in [-0.2, -0.15) is 0 Å². The van der Waals surface area contributed by atoms with Crippen molar-refractivity contribution in [2.75, 3.05) is 13.1 Å². The van der Waals surface area contributed by atoms with Gasteiger partial charge in [0.05, 0.1) is 11.6 Å². The molecule has 1 amide bonds. The Morgan fingerprint density at radius 2 is 1.92 bits per heavy atom. The summed E-state index contributed by atoms with van der Waals surface area (Å²) < 4.78 is 5.73. The number of carbonyl (C=O) groups excluding carboxylic acids is 1. The molecular formula is C19H20N2O4. The largest absolute Gasteiger partial charge is 0.481 e. The average molecular weight is 340 g/mol. The molecule has 1 aliphatic heterocycles. The molecular weight excluding hydrogens is 320 g/mol. The van der Waals surface area contributed by atoms with Gasteiger partial charge in [-0.05, 0) is 43.7 Å². The number of benzene rings is 1. The number of aromatic nitrogens is 1. The Kier molecular flexibility index (Phi) is 3.82. The van der Waals surface area contributed by atoms with Gasteiger partial charge in [0.25, 0.3) is 5.91 Å². The van der Waals surface area contributed by atoms with E-state index in [0.717, 1.165) is 18.4 Å². The second-order valence-corrected chi connectivity index (χ2v) is 6.96. The van der Waals surface area contributed by atoms with Gasteiger partial charge >= 0.3 is 5.97 Å². The summed E-state index contributed by atoms with van der Waals surface area (Å²) in [5.41, 5.74) is 1.34. The Balaban J connectivity index is 1.57. The molecule has 1 aliphatic carbocycles. The van der Waals surface area contributed by atoms with Crippen LogP contribution >= 0.6 is 0 Å². The second kappa shape index (κ2) is 6.02. The fourth-order valence-corrected chi connectivity index (χ4v) is 3.70. The maximum Gasteiger partial charge on any atom is 0.308 e. The Morgan fingerprint density at radius 3 is 2.56 bits per heavy atom. The minimum absolute atomic E-state index is 0.0540. The van der Waals surface area contributed by atoms with Crippen molar-refractivity contribution in [1.82, 2.24) is 9.88 Å². The van der Waals surface area contributed by atoms with Gasteiger partial charge in [-0.1, -0.05) is 18.2 Å². The van der Waals surface area contributed by atoms with Gasteiger partial charge in [-0.25, -0.2) is 4.98 Å². The highest BCUT2D eigenvalue weighted by atomic mass is 16.4. The number of hydrogen-bond donors (Lipinski definition) is 1. The number of carboxylic acids is 1. The van der Waals surface area contributed by atoms with Gasteiger partial charge in [0, 0.05) is 18.7 Å². The molecule has 6 heteroatoms. The number of nitrogens with zero attached hydrogens (tertiary/aromatic N) is 2. The number of aliphatic carboxylic acids is 1. The van der Waals surface area contributed by atoms with E-state index in [9.17, 15) is 14.7 Å². The zero-order chi connectivity index (χ0) is 17.6. The molecule has 0 unspecified atom stereocenters. The molecule has 0 spiro atoms. The summed E-state index contributed by atoms with van der Waals surface area (Å²) in [5.74, 6) is -0.442. The predicted octanol–water partition coefficient (Wildman–Crippen LogP) is 2.83. The van der Waals surface area contributed by atoms with E-state index in [0.29, 0.717) is 24.0 Å². The fourth-order valence-electron chi connectivity index (χ4n) is 3.70. The molecule has 2 aromatic rings. The predicted molar refractivity (Wildman–Crippen MR) is 89.9 cm³/mol. The van der Waals surface area contributed by atoms with Gasteiger partial charge in [-0.15, -0.1) is 0 Å². The first-order valence-corrected chi connectivity index (χ1v) is 8.59. The summed E-state index contributed by atoms with van der Waals surface area (Å²) >= 11 is 0. The molecule has 0 bridgehead atoms. The topological polar surface area (TPSA) is 83.6 Å². The van der Waals surface area contributed by atoms with Gasteiger partial charge in [0.1, 0.15) is 0 Å². The van der Waals surface area contributed by atoms with Crippen LogP contribution in [0, 0.1) is 24.7 Å². The Morgan fingerprint density at radius 1 is 1.20 bits per heavy atom. The van der Waals surface area contributed by atoms with Crippen LogP contribution in [0.3, 0.4) is 0 Å². The Labute approximate surface area is 145 Å². The molecule has 4 rings (SSSR count). The molecule has 6 nitrogen and oxygen atoms in total. The minimum atomic E-state index is -0.813. The molecule has 2 fully saturated rings. The number of rotatable bonds is 4. The van der Waals surface area contributed by atoms with E-state index in [2.05, 4.69) is 4.98 Å². The molecule has 130 valence electrons.